The van der Waals surface area contributed by atoms with Gasteiger partial charge in [0.25, 0.3) is 0 Å². The monoisotopic (exact) mass is 618 g/mol. The van der Waals surface area contributed by atoms with Crippen molar-refractivity contribution in [3.05, 3.63) is 93.6 Å². The predicted octanol–water partition coefficient (Wildman–Crippen LogP) is 10.7. The summed E-state index contributed by atoms with van der Waals surface area (Å²) in [6.45, 7) is 4.06. The average Bonchev–Trinajstić information content (AvgIpc) is 3.03. The van der Waals surface area contributed by atoms with Gasteiger partial charge in [-0.15, -0.1) is 0 Å². The third-order valence-electron chi connectivity index (χ3n) is 9.53. The van der Waals surface area contributed by atoms with Crippen LogP contribution in [0.4, 0.5) is 26.3 Å². The van der Waals surface area contributed by atoms with Gasteiger partial charge in [-0.05, 0) is 123 Å². The summed E-state index contributed by atoms with van der Waals surface area (Å²) >= 11 is 0. The molecule has 8 heteroatoms. The molecular formula is C36H40F6O2. The Morgan fingerprint density at radius 2 is 0.955 bits per heavy atom. The number of aryl methyl sites for hydroxylation is 1. The van der Waals surface area contributed by atoms with Gasteiger partial charge in [-0.3, -0.25) is 0 Å². The number of hydrogen-bond acceptors (Lipinski definition) is 2. The lowest BCUT2D eigenvalue weighted by atomic mass is 9.76. The molecule has 0 N–H and O–H groups in total. The Hall–Kier alpha value is -3.16. The molecular weight excluding hydrogens is 578 g/mol. The molecule has 0 heterocycles. The lowest BCUT2D eigenvalue weighted by molar-refractivity contribution is 0.191. The van der Waals surface area contributed by atoms with E-state index < -0.39 is 34.9 Å². The van der Waals surface area contributed by atoms with E-state index in [4.69, 9.17) is 9.47 Å². The van der Waals surface area contributed by atoms with E-state index in [-0.39, 0.29) is 59.5 Å². The van der Waals surface area contributed by atoms with Crippen molar-refractivity contribution >= 4 is 0 Å². The van der Waals surface area contributed by atoms with Crippen molar-refractivity contribution in [1.29, 1.82) is 0 Å². The zero-order valence-electron chi connectivity index (χ0n) is 25.3. The highest BCUT2D eigenvalue weighted by Gasteiger charge is 2.31. The third-order valence-corrected chi connectivity index (χ3v) is 9.53. The molecule has 0 radical (unpaired) electrons. The van der Waals surface area contributed by atoms with Gasteiger partial charge in [-0.25, -0.2) is 17.6 Å². The number of halogens is 6. The molecule has 238 valence electrons. The highest BCUT2D eigenvalue weighted by atomic mass is 19.2. The summed E-state index contributed by atoms with van der Waals surface area (Å²) in [6, 6.07) is 9.40. The minimum absolute atomic E-state index is 0.0788. The van der Waals surface area contributed by atoms with E-state index in [2.05, 4.69) is 0 Å². The molecule has 0 bridgehead atoms. The Morgan fingerprint density at radius 3 is 1.43 bits per heavy atom. The van der Waals surface area contributed by atoms with Gasteiger partial charge < -0.3 is 9.47 Å². The molecule has 0 amide bonds. The van der Waals surface area contributed by atoms with Crippen molar-refractivity contribution in [3.8, 4) is 11.5 Å². The van der Waals surface area contributed by atoms with Crippen LogP contribution in [0.3, 0.4) is 0 Å². The van der Waals surface area contributed by atoms with Crippen LogP contribution in [0.25, 0.3) is 0 Å². The van der Waals surface area contributed by atoms with Crippen molar-refractivity contribution in [2.24, 2.45) is 5.92 Å². The minimum atomic E-state index is -1.03. The summed E-state index contributed by atoms with van der Waals surface area (Å²) in [5.74, 6) is -6.05. The Morgan fingerprint density at radius 1 is 0.523 bits per heavy atom. The highest BCUT2D eigenvalue weighted by molar-refractivity contribution is 5.36. The number of rotatable bonds is 10. The number of hydrogen-bond donors (Lipinski definition) is 0. The van der Waals surface area contributed by atoms with Gasteiger partial charge >= 0.3 is 0 Å². The van der Waals surface area contributed by atoms with Crippen LogP contribution in [0.15, 0.2) is 36.4 Å². The van der Waals surface area contributed by atoms with Crippen molar-refractivity contribution < 1.29 is 35.8 Å². The summed E-state index contributed by atoms with van der Waals surface area (Å²) in [4.78, 5) is 0. The van der Waals surface area contributed by atoms with Crippen LogP contribution < -0.4 is 9.47 Å². The summed E-state index contributed by atoms with van der Waals surface area (Å²) < 4.78 is 99.4. The maximum absolute atomic E-state index is 15.2. The fourth-order valence-electron chi connectivity index (χ4n) is 7.05. The van der Waals surface area contributed by atoms with Crippen LogP contribution in [0.2, 0.25) is 0 Å². The van der Waals surface area contributed by atoms with Crippen molar-refractivity contribution in [3.63, 3.8) is 0 Å². The number of benzene rings is 3. The second-order valence-corrected chi connectivity index (χ2v) is 12.3. The Kier molecular flexibility index (Phi) is 10.5. The van der Waals surface area contributed by atoms with Gasteiger partial charge in [0.05, 0.1) is 13.2 Å². The van der Waals surface area contributed by atoms with Crippen molar-refractivity contribution in [1.82, 2.24) is 0 Å². The lowest BCUT2D eigenvalue weighted by Crippen LogP contribution is -2.20. The SMILES string of the molecule is CCCc1ccc(C2CCC(COc3ccc(C4CCC(c5ccc(OCC)c(F)c5F)CC4)c(F)c3F)CC2)c(F)c1F. The third kappa shape index (κ3) is 6.74. The van der Waals surface area contributed by atoms with Crippen LogP contribution >= 0.6 is 0 Å². The summed E-state index contributed by atoms with van der Waals surface area (Å²) in [6.07, 6.45) is 6.10. The first-order valence-corrected chi connectivity index (χ1v) is 15.9. The highest BCUT2D eigenvalue weighted by Crippen LogP contribution is 2.44. The van der Waals surface area contributed by atoms with Gasteiger partial charge in [0.15, 0.2) is 34.8 Å². The smallest absolute Gasteiger partial charge is 0.200 e. The van der Waals surface area contributed by atoms with Gasteiger partial charge in [0.1, 0.15) is 0 Å². The summed E-state index contributed by atoms with van der Waals surface area (Å²) in [5.41, 5.74) is 1.37. The van der Waals surface area contributed by atoms with Crippen LogP contribution in [0.5, 0.6) is 11.5 Å². The maximum atomic E-state index is 15.2. The van der Waals surface area contributed by atoms with Crippen molar-refractivity contribution in [2.45, 2.75) is 95.8 Å². The van der Waals surface area contributed by atoms with E-state index in [0.29, 0.717) is 68.9 Å². The molecule has 2 aliphatic carbocycles. The molecule has 0 aliphatic heterocycles. The van der Waals surface area contributed by atoms with Gasteiger partial charge in [0.2, 0.25) is 11.6 Å². The molecule has 5 rings (SSSR count). The Bertz CT molecular complexity index is 1440. The zero-order valence-corrected chi connectivity index (χ0v) is 25.3. The van der Waals surface area contributed by atoms with E-state index in [0.717, 1.165) is 6.42 Å². The van der Waals surface area contributed by atoms with E-state index in [1.165, 1.54) is 12.1 Å². The molecule has 2 saturated carbocycles. The summed E-state index contributed by atoms with van der Waals surface area (Å²) in [5, 5.41) is 0. The molecule has 44 heavy (non-hydrogen) atoms. The first-order valence-electron chi connectivity index (χ1n) is 15.9. The standard InChI is InChI=1S/C36H40F6O2/c1-3-5-25-14-15-26(32(38)31(25)37)22-8-6-21(7-9-22)20-44-30-19-17-28(34(40)36(30)42)24-12-10-23(11-13-24)27-16-18-29(43-4-2)35(41)33(27)39/h14-19,21-24H,3-13,20H2,1-2H3. The van der Waals surface area contributed by atoms with Crippen LogP contribution in [0, 0.1) is 40.8 Å². The quantitative estimate of drug-likeness (QED) is 0.211. The molecule has 0 aromatic heterocycles. The molecule has 0 saturated heterocycles. The second-order valence-electron chi connectivity index (χ2n) is 12.3. The molecule has 0 atom stereocenters. The van der Waals surface area contributed by atoms with E-state index in [9.17, 15) is 17.6 Å². The molecule has 2 aliphatic rings. The first kappa shape index (κ1) is 32.2. The van der Waals surface area contributed by atoms with E-state index >= 15 is 8.78 Å². The van der Waals surface area contributed by atoms with E-state index in [1.807, 2.05) is 6.92 Å². The first-order chi connectivity index (χ1) is 21.2. The fourth-order valence-corrected chi connectivity index (χ4v) is 7.05. The Balaban J connectivity index is 1.14. The molecule has 3 aromatic carbocycles. The van der Waals surface area contributed by atoms with Gasteiger partial charge in [0, 0.05) is 0 Å². The zero-order chi connectivity index (χ0) is 31.4. The normalized spacial score (nSPS) is 22.2. The fraction of sp³-hybridized carbons (Fsp3) is 0.500. The van der Waals surface area contributed by atoms with Gasteiger partial charge in [-0.1, -0.05) is 37.6 Å². The van der Waals surface area contributed by atoms with Crippen LogP contribution in [-0.2, 0) is 6.42 Å². The Labute approximate surface area is 255 Å². The molecule has 0 spiro atoms. The number of ether oxygens (including phenoxy) is 2. The summed E-state index contributed by atoms with van der Waals surface area (Å²) in [7, 11) is 0. The largest absolute Gasteiger partial charge is 0.491 e. The molecule has 0 unspecified atom stereocenters. The minimum Gasteiger partial charge on any atom is -0.491 e. The van der Waals surface area contributed by atoms with Gasteiger partial charge in [-0.2, -0.15) is 8.78 Å². The van der Waals surface area contributed by atoms with Crippen LogP contribution in [0.1, 0.15) is 112 Å². The lowest BCUT2D eigenvalue weighted by Gasteiger charge is -2.30. The van der Waals surface area contributed by atoms with Crippen LogP contribution in [-0.4, -0.2) is 13.2 Å². The second kappa shape index (κ2) is 14.3. The molecule has 3 aromatic rings. The average molecular weight is 619 g/mol. The molecule has 2 nitrogen and oxygen atoms in total. The maximum Gasteiger partial charge on any atom is 0.200 e. The molecule has 2 fully saturated rings. The van der Waals surface area contributed by atoms with E-state index in [1.54, 1.807) is 31.2 Å². The topological polar surface area (TPSA) is 18.5 Å². The van der Waals surface area contributed by atoms with Crippen molar-refractivity contribution in [2.75, 3.05) is 13.2 Å². The predicted molar refractivity (Wildman–Crippen MR) is 158 cm³/mol.